The number of ether oxygens (including phenoxy) is 1. The van der Waals surface area contributed by atoms with E-state index in [4.69, 9.17) is 19.7 Å². The van der Waals surface area contributed by atoms with Crippen LogP contribution >= 0.6 is 20.1 Å². The van der Waals surface area contributed by atoms with Crippen molar-refractivity contribution in [2.24, 2.45) is 0 Å². The topological polar surface area (TPSA) is 47.9 Å². The fraction of sp³-hybridized carbons (Fsp3) is 0. The Morgan fingerprint density at radius 1 is 0.304 bits per heavy atom. The Morgan fingerprint density at radius 3 is 1.19 bits per heavy atom. The number of rotatable bonds is 10. The number of aromatic nitrogens is 3. The second kappa shape index (κ2) is 18.1. The van der Waals surface area contributed by atoms with Gasteiger partial charge in [0.2, 0.25) is 0 Å². The van der Waals surface area contributed by atoms with Gasteiger partial charge >= 0.3 is 0 Å². The molecule has 0 spiro atoms. The van der Waals surface area contributed by atoms with E-state index in [0.717, 1.165) is 49.1 Å². The molecule has 11 aromatic rings. The quantitative estimate of drug-likeness (QED) is 0.137. The van der Waals surface area contributed by atoms with Crippen LogP contribution in [-0.4, -0.2) is 15.0 Å². The van der Waals surface area contributed by atoms with Crippen LogP contribution in [0.15, 0.2) is 312 Å². The number of para-hydroxylation sites is 2. The summed E-state index contributed by atoms with van der Waals surface area (Å²) >= 11 is 0. The molecule has 6 heteroatoms. The van der Waals surface area contributed by atoms with Crippen LogP contribution in [0.5, 0.6) is 11.5 Å². The third-order valence-electron chi connectivity index (χ3n) is 12.7. The molecule has 2 heterocycles. The third kappa shape index (κ3) is 7.33. The van der Waals surface area contributed by atoms with E-state index in [2.05, 4.69) is 237 Å². The molecular formula is C63H45N3OS2. The van der Waals surface area contributed by atoms with E-state index in [9.17, 15) is 0 Å². The Morgan fingerprint density at radius 2 is 0.696 bits per heavy atom. The molecule has 0 unspecified atom stereocenters. The molecule has 0 saturated carbocycles. The lowest BCUT2D eigenvalue weighted by Crippen LogP contribution is -2.12. The minimum absolute atomic E-state index is 0.581. The van der Waals surface area contributed by atoms with Crippen molar-refractivity contribution >= 4 is 20.1 Å². The van der Waals surface area contributed by atoms with E-state index in [-0.39, 0.29) is 0 Å². The molecule has 0 fully saturated rings. The van der Waals surface area contributed by atoms with Crippen LogP contribution in [-0.2, 0) is 0 Å². The van der Waals surface area contributed by atoms with Gasteiger partial charge in [0.15, 0.2) is 17.5 Å². The van der Waals surface area contributed by atoms with Crippen LogP contribution in [0.3, 0.4) is 0 Å². The SMILES string of the molecule is c1ccc(-c2nc(-c3ccccc3)nc(-c3cc(-c4cccc5c4Oc4ccccc4S5(c4ccccc4)c4ccccc4)cc(S(c4ccccc4)(c4ccccc4)c4ccccc4)c3)n2)cc1. The lowest BCUT2D eigenvalue weighted by Gasteiger charge is -2.46. The summed E-state index contributed by atoms with van der Waals surface area (Å²) in [6.45, 7) is 0. The summed E-state index contributed by atoms with van der Waals surface area (Å²) in [5.41, 5.74) is 4.68. The number of benzene rings is 10. The van der Waals surface area contributed by atoms with Gasteiger partial charge in [-0.2, -0.15) is 0 Å². The molecule has 10 aromatic carbocycles. The maximum atomic E-state index is 7.33. The predicted octanol–water partition coefficient (Wildman–Crippen LogP) is 17.3. The van der Waals surface area contributed by atoms with E-state index < -0.39 is 20.1 Å². The van der Waals surface area contributed by atoms with Crippen LogP contribution in [0.25, 0.3) is 45.3 Å². The summed E-state index contributed by atoms with van der Waals surface area (Å²) in [6, 6.07) is 97.7. The van der Waals surface area contributed by atoms with E-state index in [0.29, 0.717) is 17.5 Å². The van der Waals surface area contributed by atoms with Crippen LogP contribution in [0.4, 0.5) is 0 Å². The largest absolute Gasteiger partial charge is 0.454 e. The highest BCUT2D eigenvalue weighted by molar-refractivity contribution is 8.34. The van der Waals surface area contributed by atoms with Crippen molar-refractivity contribution in [3.05, 3.63) is 273 Å². The summed E-state index contributed by atoms with van der Waals surface area (Å²) in [5, 5.41) is 0. The zero-order valence-corrected chi connectivity index (χ0v) is 39.2. The number of nitrogens with zero attached hydrogens (tertiary/aromatic N) is 3. The van der Waals surface area contributed by atoms with Crippen molar-refractivity contribution in [1.29, 1.82) is 0 Å². The van der Waals surface area contributed by atoms with E-state index in [1.165, 1.54) is 29.4 Å². The molecule has 0 aliphatic carbocycles. The fourth-order valence-corrected chi connectivity index (χ4v) is 17.7. The third-order valence-corrected chi connectivity index (χ3v) is 20.5. The molecular weight excluding hydrogens is 879 g/mol. The Labute approximate surface area is 406 Å². The first-order valence-corrected chi connectivity index (χ1v) is 26.3. The normalized spacial score (nSPS) is 13.3. The van der Waals surface area contributed by atoms with Gasteiger partial charge < -0.3 is 4.74 Å². The zero-order valence-electron chi connectivity index (χ0n) is 37.5. The molecule has 1 aromatic heterocycles. The van der Waals surface area contributed by atoms with Crippen molar-refractivity contribution < 1.29 is 4.74 Å². The van der Waals surface area contributed by atoms with Crippen molar-refractivity contribution in [2.75, 3.05) is 0 Å². The smallest absolute Gasteiger partial charge is 0.164 e. The summed E-state index contributed by atoms with van der Waals surface area (Å²) < 4.78 is 7.33. The monoisotopic (exact) mass is 923 g/mol. The molecule has 0 atom stereocenters. The van der Waals surface area contributed by atoms with Gasteiger partial charge in [-0.15, -0.1) is 20.1 Å². The second-order valence-corrected chi connectivity index (χ2v) is 22.9. The van der Waals surface area contributed by atoms with Crippen molar-refractivity contribution in [1.82, 2.24) is 15.0 Å². The number of fused-ring (bicyclic) bond motifs is 2. The summed E-state index contributed by atoms with van der Waals surface area (Å²) in [7, 11) is -4.24. The average Bonchev–Trinajstić information content (AvgIpc) is 3.44. The number of hydrogen-bond acceptors (Lipinski definition) is 4. The first kappa shape index (κ1) is 42.1. The Kier molecular flexibility index (Phi) is 11.0. The van der Waals surface area contributed by atoms with Gasteiger partial charge in [0, 0.05) is 61.4 Å². The molecule has 0 amide bonds. The van der Waals surface area contributed by atoms with Gasteiger partial charge in [-0.25, -0.2) is 15.0 Å². The van der Waals surface area contributed by atoms with E-state index >= 15 is 0 Å². The van der Waals surface area contributed by atoms with Gasteiger partial charge in [0.1, 0.15) is 11.5 Å². The van der Waals surface area contributed by atoms with Crippen LogP contribution < -0.4 is 4.74 Å². The first-order chi connectivity index (χ1) is 34.2. The lowest BCUT2D eigenvalue weighted by molar-refractivity contribution is 0.454. The molecule has 0 bridgehead atoms. The number of hydrogen-bond donors (Lipinski definition) is 0. The molecule has 69 heavy (non-hydrogen) atoms. The van der Waals surface area contributed by atoms with Gasteiger partial charge in [0.05, 0.1) is 0 Å². The minimum Gasteiger partial charge on any atom is -0.454 e. The van der Waals surface area contributed by atoms with Gasteiger partial charge in [0.25, 0.3) is 0 Å². The molecule has 0 saturated heterocycles. The van der Waals surface area contributed by atoms with Crippen LogP contribution in [0.2, 0.25) is 0 Å². The Bertz CT molecular complexity index is 3370. The maximum Gasteiger partial charge on any atom is 0.164 e. The van der Waals surface area contributed by atoms with Gasteiger partial charge in [-0.1, -0.05) is 176 Å². The fourth-order valence-electron chi connectivity index (χ4n) is 9.69. The predicted molar refractivity (Wildman–Crippen MR) is 282 cm³/mol. The maximum absolute atomic E-state index is 7.33. The summed E-state index contributed by atoms with van der Waals surface area (Å²) in [5.74, 6) is 3.49. The second-order valence-electron chi connectivity index (χ2n) is 16.8. The highest BCUT2D eigenvalue weighted by Gasteiger charge is 2.42. The molecule has 330 valence electrons. The van der Waals surface area contributed by atoms with Gasteiger partial charge in [-0.05, 0) is 103 Å². The highest BCUT2D eigenvalue weighted by Crippen LogP contribution is 2.80. The van der Waals surface area contributed by atoms with Crippen molar-refractivity contribution in [3.8, 4) is 56.8 Å². The van der Waals surface area contributed by atoms with Crippen LogP contribution in [0.1, 0.15) is 0 Å². The molecule has 1 aliphatic rings. The molecule has 0 N–H and O–H groups in total. The van der Waals surface area contributed by atoms with E-state index in [1.807, 2.05) is 36.4 Å². The molecule has 4 nitrogen and oxygen atoms in total. The minimum atomic E-state index is -2.18. The van der Waals surface area contributed by atoms with Crippen LogP contribution in [0, 0.1) is 0 Å². The lowest BCUT2D eigenvalue weighted by atomic mass is 10.0. The Hall–Kier alpha value is -8.29. The first-order valence-electron chi connectivity index (χ1n) is 23.1. The van der Waals surface area contributed by atoms with E-state index in [1.54, 1.807) is 0 Å². The summed E-state index contributed by atoms with van der Waals surface area (Å²) in [4.78, 5) is 25.4. The average molecular weight is 924 g/mol. The zero-order chi connectivity index (χ0) is 46.0. The van der Waals surface area contributed by atoms with Gasteiger partial charge in [-0.3, -0.25) is 0 Å². The highest BCUT2D eigenvalue weighted by atomic mass is 32.3. The molecule has 0 radical (unpaired) electrons. The Balaban J connectivity index is 1.20. The summed E-state index contributed by atoms with van der Waals surface area (Å²) in [6.07, 6.45) is 0. The van der Waals surface area contributed by atoms with Crippen molar-refractivity contribution in [3.63, 3.8) is 0 Å². The van der Waals surface area contributed by atoms with Crippen molar-refractivity contribution in [2.45, 2.75) is 39.2 Å². The molecule has 1 aliphatic heterocycles. The standard InChI is InChI=1S/C63H45N3OS2/c1-8-25-46(26-9-1)61-64-62(47-27-10-2-11-28-47)66-63(65-61)49-43-48(44-55(45-49)68(50-29-12-3-13-30-50,51-31-14-4-15-32-51)52-33-16-5-17-34-52)56-39-24-42-59-60(56)67-57-40-22-23-41-58(57)69(59,53-35-18-6-19-36-53)54-37-20-7-21-38-54/h1-45H. The molecule has 12 rings (SSSR count).